The minimum Gasteiger partial charge on any atom is -0.480 e. The summed E-state index contributed by atoms with van der Waals surface area (Å²) in [4.78, 5) is 39.2. The molecule has 11 nitrogen and oxygen atoms in total. The van der Waals surface area contributed by atoms with E-state index < -0.39 is 35.9 Å². The summed E-state index contributed by atoms with van der Waals surface area (Å²) in [6, 6.07) is -1.85. The summed E-state index contributed by atoms with van der Waals surface area (Å²) in [6.07, 6.45) is 0.241. The summed E-state index contributed by atoms with van der Waals surface area (Å²) in [7, 11) is 0. The predicted molar refractivity (Wildman–Crippen MR) is 81.2 cm³/mol. The van der Waals surface area contributed by atoms with Crippen LogP contribution in [0.1, 0.15) is 26.7 Å². The van der Waals surface area contributed by atoms with Crippen molar-refractivity contribution in [3.8, 4) is 0 Å². The average Bonchev–Trinajstić information content (AvgIpc) is 2.38. The quantitative estimate of drug-likeness (QED) is 0.263. The lowest BCUT2D eigenvalue weighted by molar-refractivity contribution is -0.140. The molecule has 0 aliphatic heterocycles. The van der Waals surface area contributed by atoms with E-state index in [2.05, 4.69) is 11.5 Å². The standard InChI is InChI=1S/C6H13NO2.C4H8N2O3.C2H5NO2/c1-4(2)3-5(7)6(8)9;5-2(4(8)9)1-3(6)7;3-1-2(4)5/h4-5H,3,7H2,1-2H3,(H,8,9);2H,1,5H2,(H2,6,7)(H,8,9);1,3H2,(H,4,5)/t5-;2-;/m00./s1. The van der Waals surface area contributed by atoms with Gasteiger partial charge in [0.15, 0.2) is 0 Å². The molecule has 0 saturated heterocycles. The zero-order chi connectivity index (χ0) is 19.2. The normalized spacial score (nSPS) is 11.9. The van der Waals surface area contributed by atoms with E-state index in [0.717, 1.165) is 0 Å². The van der Waals surface area contributed by atoms with Crippen molar-refractivity contribution in [2.24, 2.45) is 28.9 Å². The van der Waals surface area contributed by atoms with Gasteiger partial charge in [0.1, 0.15) is 12.1 Å². The van der Waals surface area contributed by atoms with Crippen molar-refractivity contribution in [1.29, 1.82) is 0 Å². The van der Waals surface area contributed by atoms with Gasteiger partial charge in [-0.2, -0.15) is 0 Å². The highest BCUT2D eigenvalue weighted by Gasteiger charge is 2.13. The zero-order valence-electron chi connectivity index (χ0n) is 13.1. The predicted octanol–water partition coefficient (Wildman–Crippen LogP) is -2.25. The summed E-state index contributed by atoms with van der Waals surface area (Å²) in [5.74, 6) is -3.44. The molecule has 0 saturated carbocycles. The molecule has 11 heteroatoms. The van der Waals surface area contributed by atoms with Crippen molar-refractivity contribution in [2.45, 2.75) is 38.8 Å². The van der Waals surface area contributed by atoms with Crippen molar-refractivity contribution in [3.05, 3.63) is 0 Å². The van der Waals surface area contributed by atoms with Gasteiger partial charge in [-0.05, 0) is 12.3 Å². The molecule has 2 atom stereocenters. The monoisotopic (exact) mass is 338 g/mol. The maximum absolute atomic E-state index is 10.1. The maximum Gasteiger partial charge on any atom is 0.321 e. The van der Waals surface area contributed by atoms with Crippen molar-refractivity contribution >= 4 is 23.8 Å². The number of nitrogens with two attached hydrogens (primary N) is 4. The van der Waals surface area contributed by atoms with Gasteiger partial charge in [-0.3, -0.25) is 19.2 Å². The van der Waals surface area contributed by atoms with E-state index in [4.69, 9.17) is 26.8 Å². The van der Waals surface area contributed by atoms with Crippen molar-refractivity contribution < 1.29 is 34.5 Å². The average molecular weight is 338 g/mol. The summed E-state index contributed by atoms with van der Waals surface area (Å²) in [5.41, 5.74) is 19.4. The smallest absolute Gasteiger partial charge is 0.321 e. The topological polar surface area (TPSA) is 233 Å². The summed E-state index contributed by atoms with van der Waals surface area (Å²) < 4.78 is 0. The minimum absolute atomic E-state index is 0.278. The molecule has 0 aromatic rings. The zero-order valence-corrected chi connectivity index (χ0v) is 13.1. The Balaban J connectivity index is -0.000000273. The Morgan fingerprint density at radius 1 is 0.913 bits per heavy atom. The number of carbonyl (C=O) groups is 4. The first kappa shape index (κ1) is 25.7. The van der Waals surface area contributed by atoms with Gasteiger partial charge in [0.2, 0.25) is 5.91 Å². The highest BCUT2D eigenvalue weighted by atomic mass is 16.4. The minimum atomic E-state index is -1.21. The lowest BCUT2D eigenvalue weighted by atomic mass is 10.1. The second-order valence-corrected chi connectivity index (χ2v) is 4.79. The highest BCUT2D eigenvalue weighted by Crippen LogP contribution is 2.01. The van der Waals surface area contributed by atoms with Crippen LogP contribution in [0.5, 0.6) is 0 Å². The van der Waals surface area contributed by atoms with Gasteiger partial charge >= 0.3 is 17.9 Å². The van der Waals surface area contributed by atoms with Crippen LogP contribution in [0.2, 0.25) is 0 Å². The summed E-state index contributed by atoms with van der Waals surface area (Å²) in [6.45, 7) is 3.62. The van der Waals surface area contributed by atoms with Crippen LogP contribution in [0.4, 0.5) is 0 Å². The fourth-order valence-electron chi connectivity index (χ4n) is 0.913. The number of carboxylic acids is 3. The number of carbonyl (C=O) groups excluding carboxylic acids is 1. The van der Waals surface area contributed by atoms with E-state index >= 15 is 0 Å². The summed E-state index contributed by atoms with van der Waals surface area (Å²) >= 11 is 0. The number of carboxylic acid groups (broad SMARTS) is 3. The van der Waals surface area contributed by atoms with E-state index in [1.807, 2.05) is 13.8 Å². The molecule has 0 spiro atoms. The summed E-state index contributed by atoms with van der Waals surface area (Å²) in [5, 5.41) is 24.0. The maximum atomic E-state index is 10.1. The Labute approximate surface area is 133 Å². The second-order valence-electron chi connectivity index (χ2n) is 4.79. The SMILES string of the molecule is CC(C)C[C@H](N)C(=O)O.NC(=O)C[C@H](N)C(=O)O.NCC(=O)O. The molecule has 0 fully saturated rings. The van der Waals surface area contributed by atoms with E-state index in [1.165, 1.54) is 0 Å². The molecule has 0 unspecified atom stereocenters. The first-order valence-electron chi connectivity index (χ1n) is 6.51. The van der Waals surface area contributed by atoms with Crippen LogP contribution in [-0.4, -0.2) is 57.8 Å². The highest BCUT2D eigenvalue weighted by molar-refractivity contribution is 5.83. The van der Waals surface area contributed by atoms with Gasteiger partial charge in [0.05, 0.1) is 13.0 Å². The molecule has 0 aliphatic rings. The third-order valence-electron chi connectivity index (χ3n) is 1.96. The Morgan fingerprint density at radius 3 is 1.35 bits per heavy atom. The van der Waals surface area contributed by atoms with E-state index in [0.29, 0.717) is 12.3 Å². The van der Waals surface area contributed by atoms with Crippen LogP contribution < -0.4 is 22.9 Å². The number of hydrogen-bond acceptors (Lipinski definition) is 7. The molecule has 11 N–H and O–H groups in total. The van der Waals surface area contributed by atoms with Gasteiger partial charge in [0, 0.05) is 0 Å². The van der Waals surface area contributed by atoms with E-state index in [1.54, 1.807) is 0 Å². The van der Waals surface area contributed by atoms with Crippen LogP contribution in [0.25, 0.3) is 0 Å². The molecule has 0 radical (unpaired) electrons. The van der Waals surface area contributed by atoms with Gasteiger partial charge < -0.3 is 38.3 Å². The molecular weight excluding hydrogens is 312 g/mol. The number of amides is 1. The van der Waals surface area contributed by atoms with Crippen molar-refractivity contribution in [1.82, 2.24) is 0 Å². The van der Waals surface area contributed by atoms with Gasteiger partial charge in [-0.25, -0.2) is 0 Å². The van der Waals surface area contributed by atoms with E-state index in [-0.39, 0.29) is 13.0 Å². The molecule has 136 valence electrons. The molecule has 1 amide bonds. The molecule has 0 rings (SSSR count). The molecular formula is C12H26N4O7. The Kier molecular flexibility index (Phi) is 16.4. The van der Waals surface area contributed by atoms with E-state index in [9.17, 15) is 19.2 Å². The molecule has 0 aromatic heterocycles. The van der Waals surface area contributed by atoms with Crippen LogP contribution in [0.15, 0.2) is 0 Å². The van der Waals surface area contributed by atoms with Crippen LogP contribution in [0, 0.1) is 5.92 Å². The first-order chi connectivity index (χ1) is 10.3. The first-order valence-corrected chi connectivity index (χ1v) is 6.51. The van der Waals surface area contributed by atoms with Crippen LogP contribution in [0.3, 0.4) is 0 Å². The Morgan fingerprint density at radius 2 is 1.26 bits per heavy atom. The lowest BCUT2D eigenvalue weighted by Gasteiger charge is -2.07. The van der Waals surface area contributed by atoms with Gasteiger partial charge in [-0.15, -0.1) is 0 Å². The fourth-order valence-corrected chi connectivity index (χ4v) is 0.913. The molecule has 0 aromatic carbocycles. The third kappa shape index (κ3) is 25.1. The largest absolute Gasteiger partial charge is 0.480 e. The number of aliphatic carboxylic acids is 3. The number of primary amides is 1. The van der Waals surface area contributed by atoms with Crippen molar-refractivity contribution in [2.75, 3.05) is 6.54 Å². The number of rotatable bonds is 7. The third-order valence-corrected chi connectivity index (χ3v) is 1.96. The lowest BCUT2D eigenvalue weighted by Crippen LogP contribution is -2.34. The molecule has 23 heavy (non-hydrogen) atoms. The second kappa shape index (κ2) is 14.7. The van der Waals surface area contributed by atoms with Crippen LogP contribution >= 0.6 is 0 Å². The Hall–Kier alpha value is -2.24. The van der Waals surface area contributed by atoms with Crippen LogP contribution in [-0.2, 0) is 19.2 Å². The van der Waals surface area contributed by atoms with Gasteiger partial charge in [-0.1, -0.05) is 13.8 Å². The molecule has 0 aliphatic carbocycles. The van der Waals surface area contributed by atoms with Gasteiger partial charge in [0.25, 0.3) is 0 Å². The number of hydrogen-bond donors (Lipinski definition) is 7. The van der Waals surface area contributed by atoms with Crippen molar-refractivity contribution in [3.63, 3.8) is 0 Å². The molecule has 0 bridgehead atoms. The fraction of sp³-hybridized carbons (Fsp3) is 0.667. The Bertz CT molecular complexity index is 388. The molecule has 0 heterocycles.